The van der Waals surface area contributed by atoms with Crippen LogP contribution in [0.4, 0.5) is 5.95 Å². The van der Waals surface area contributed by atoms with E-state index in [9.17, 15) is 9.59 Å². The summed E-state index contributed by atoms with van der Waals surface area (Å²) in [6.45, 7) is 4.11. The van der Waals surface area contributed by atoms with Crippen LogP contribution >= 0.6 is 0 Å². The molecule has 0 saturated heterocycles. The molecule has 0 saturated carbocycles. The van der Waals surface area contributed by atoms with Crippen LogP contribution in [0.3, 0.4) is 0 Å². The van der Waals surface area contributed by atoms with E-state index in [0.29, 0.717) is 29.9 Å². The molecule has 2 aliphatic rings. The van der Waals surface area contributed by atoms with E-state index in [1.165, 1.54) is 0 Å². The fraction of sp³-hybridized carbons (Fsp3) is 0.333. The summed E-state index contributed by atoms with van der Waals surface area (Å²) in [6.07, 6.45) is 2.17. The van der Waals surface area contributed by atoms with Gasteiger partial charge in [-0.25, -0.2) is 14.8 Å². The predicted molar refractivity (Wildman–Crippen MR) is 86.7 cm³/mol. The van der Waals surface area contributed by atoms with Crippen molar-refractivity contribution in [2.75, 3.05) is 5.32 Å². The van der Waals surface area contributed by atoms with E-state index < -0.39 is 6.23 Å². The Kier molecular flexibility index (Phi) is 3.16. The van der Waals surface area contributed by atoms with Crippen molar-refractivity contribution < 1.29 is 14.3 Å². The van der Waals surface area contributed by atoms with Crippen LogP contribution in [0.15, 0.2) is 30.5 Å². The van der Waals surface area contributed by atoms with E-state index in [1.807, 2.05) is 12.1 Å². The first-order valence-corrected chi connectivity index (χ1v) is 7.88. The highest BCUT2D eigenvalue weighted by atomic mass is 16.6. The summed E-state index contributed by atoms with van der Waals surface area (Å²) in [5.41, 5.74) is 2.53. The first-order valence-electron chi connectivity index (χ1n) is 7.88. The molecule has 1 atom stereocenters. The lowest BCUT2D eigenvalue weighted by Crippen LogP contribution is -2.28. The van der Waals surface area contributed by atoms with Gasteiger partial charge in [0.1, 0.15) is 0 Å². The number of carbonyl (C=O) groups is 2. The maximum Gasteiger partial charge on any atom is 0.340 e. The molecule has 122 valence electrons. The van der Waals surface area contributed by atoms with E-state index in [2.05, 4.69) is 29.1 Å². The number of esters is 1. The molecule has 0 unspecified atom stereocenters. The van der Waals surface area contributed by atoms with Crippen molar-refractivity contribution in [3.8, 4) is 0 Å². The zero-order chi connectivity index (χ0) is 16.9. The molecule has 1 aromatic heterocycles. The number of rotatable bonds is 2. The topological polar surface area (TPSA) is 81.2 Å². The first-order chi connectivity index (χ1) is 11.4. The Morgan fingerprint density at radius 1 is 1.17 bits per heavy atom. The van der Waals surface area contributed by atoms with Crippen LogP contribution in [0.2, 0.25) is 0 Å². The Morgan fingerprint density at radius 3 is 2.79 bits per heavy atom. The summed E-state index contributed by atoms with van der Waals surface area (Å²) >= 11 is 0. The van der Waals surface area contributed by atoms with Gasteiger partial charge >= 0.3 is 5.97 Å². The molecule has 1 aliphatic carbocycles. The average molecular weight is 323 g/mol. The van der Waals surface area contributed by atoms with Gasteiger partial charge < -0.3 is 10.1 Å². The van der Waals surface area contributed by atoms with Gasteiger partial charge in [-0.05, 0) is 17.9 Å². The second kappa shape index (κ2) is 5.12. The van der Waals surface area contributed by atoms with Crippen LogP contribution in [0.5, 0.6) is 0 Å². The quantitative estimate of drug-likeness (QED) is 0.856. The molecule has 2 heterocycles. The standard InChI is InChI=1S/C18H17N3O3/c1-18(2)7-13-12(14(22)8-18)9-19-17(20-13)21-15-10-5-3-4-6-11(10)16(23)24-15/h3-6,9,15H,7-8H2,1-2H3,(H,19,20,21)/t15-/m0/s1. The maximum atomic E-state index is 12.2. The minimum Gasteiger partial charge on any atom is -0.434 e. The molecule has 0 amide bonds. The normalized spacial score (nSPS) is 21.0. The largest absolute Gasteiger partial charge is 0.434 e. The number of cyclic esters (lactones) is 1. The number of nitrogens with zero attached hydrogens (tertiary/aromatic N) is 2. The highest BCUT2D eigenvalue weighted by molar-refractivity contribution is 5.98. The zero-order valence-electron chi connectivity index (χ0n) is 13.5. The van der Waals surface area contributed by atoms with Gasteiger partial charge in [-0.2, -0.15) is 0 Å². The van der Waals surface area contributed by atoms with Gasteiger partial charge in [-0.15, -0.1) is 0 Å². The van der Waals surface area contributed by atoms with Crippen LogP contribution in [0.25, 0.3) is 0 Å². The number of aromatic nitrogens is 2. The maximum absolute atomic E-state index is 12.2. The highest BCUT2D eigenvalue weighted by Gasteiger charge is 2.34. The fourth-order valence-electron chi connectivity index (χ4n) is 3.27. The van der Waals surface area contributed by atoms with Crippen LogP contribution in [-0.2, 0) is 11.2 Å². The van der Waals surface area contributed by atoms with Gasteiger partial charge in [0.05, 0.1) is 16.8 Å². The smallest absolute Gasteiger partial charge is 0.340 e. The predicted octanol–water partition coefficient (Wildman–Crippen LogP) is 2.91. The van der Waals surface area contributed by atoms with Crippen molar-refractivity contribution in [2.24, 2.45) is 5.41 Å². The third kappa shape index (κ3) is 2.44. The van der Waals surface area contributed by atoms with Crippen molar-refractivity contribution >= 4 is 17.7 Å². The number of hydrogen-bond donors (Lipinski definition) is 1. The molecule has 6 nitrogen and oxygen atoms in total. The molecular formula is C18H17N3O3. The van der Waals surface area contributed by atoms with E-state index in [4.69, 9.17) is 4.74 Å². The van der Waals surface area contributed by atoms with Gasteiger partial charge in [0.25, 0.3) is 0 Å². The number of ether oxygens (including phenoxy) is 1. The van der Waals surface area contributed by atoms with Crippen molar-refractivity contribution in [3.63, 3.8) is 0 Å². The Balaban J connectivity index is 1.63. The molecule has 1 aliphatic heterocycles. The van der Waals surface area contributed by atoms with E-state index >= 15 is 0 Å². The number of Topliss-reactive ketones (excluding diaryl/α,β-unsaturated/α-hetero) is 1. The molecule has 6 heteroatoms. The lowest BCUT2D eigenvalue weighted by molar-refractivity contribution is 0.0436. The van der Waals surface area contributed by atoms with Crippen LogP contribution < -0.4 is 5.32 Å². The highest BCUT2D eigenvalue weighted by Crippen LogP contribution is 2.35. The molecule has 4 rings (SSSR count). The van der Waals surface area contributed by atoms with Crippen LogP contribution in [0.1, 0.15) is 58.5 Å². The second-order valence-corrected chi connectivity index (χ2v) is 7.01. The van der Waals surface area contributed by atoms with Crippen molar-refractivity contribution in [2.45, 2.75) is 32.9 Å². The number of hydrogen-bond acceptors (Lipinski definition) is 6. The minimum atomic E-state index is -0.612. The van der Waals surface area contributed by atoms with Gasteiger partial charge in [0, 0.05) is 18.2 Å². The summed E-state index contributed by atoms with van der Waals surface area (Å²) in [4.78, 5) is 32.8. The van der Waals surface area contributed by atoms with Gasteiger partial charge in [-0.1, -0.05) is 32.0 Å². The fourth-order valence-corrected chi connectivity index (χ4v) is 3.27. The second-order valence-electron chi connectivity index (χ2n) is 7.01. The summed E-state index contributed by atoms with van der Waals surface area (Å²) < 4.78 is 5.34. The van der Waals surface area contributed by atoms with Crippen LogP contribution in [0, 0.1) is 5.41 Å². The Bertz CT molecular complexity index is 860. The lowest BCUT2D eigenvalue weighted by atomic mass is 9.76. The molecule has 0 fully saturated rings. The Labute approximate surface area is 139 Å². The lowest BCUT2D eigenvalue weighted by Gasteiger charge is -2.29. The summed E-state index contributed by atoms with van der Waals surface area (Å²) in [6, 6.07) is 7.22. The summed E-state index contributed by atoms with van der Waals surface area (Å²) in [7, 11) is 0. The summed E-state index contributed by atoms with van der Waals surface area (Å²) in [5, 5.41) is 3.04. The number of carbonyl (C=O) groups excluding carboxylic acids is 2. The Morgan fingerprint density at radius 2 is 1.96 bits per heavy atom. The van der Waals surface area contributed by atoms with Crippen LogP contribution in [-0.4, -0.2) is 21.7 Å². The third-order valence-electron chi connectivity index (χ3n) is 4.40. The SMILES string of the molecule is CC1(C)CC(=O)c2cnc(N[C@H]3OC(=O)c4ccccc43)nc2C1. The third-order valence-corrected chi connectivity index (χ3v) is 4.40. The van der Waals surface area contributed by atoms with E-state index in [-0.39, 0.29) is 17.2 Å². The number of anilines is 1. The van der Waals surface area contributed by atoms with Gasteiger partial charge in [-0.3, -0.25) is 4.79 Å². The van der Waals surface area contributed by atoms with Crippen molar-refractivity contribution in [1.29, 1.82) is 0 Å². The van der Waals surface area contributed by atoms with E-state index in [0.717, 1.165) is 11.3 Å². The average Bonchev–Trinajstić information content (AvgIpc) is 2.82. The molecule has 1 aromatic carbocycles. The molecule has 24 heavy (non-hydrogen) atoms. The van der Waals surface area contributed by atoms with Gasteiger partial charge in [0.15, 0.2) is 5.78 Å². The molecule has 1 N–H and O–H groups in total. The number of benzene rings is 1. The van der Waals surface area contributed by atoms with E-state index in [1.54, 1.807) is 18.3 Å². The molecule has 0 bridgehead atoms. The number of ketones is 1. The minimum absolute atomic E-state index is 0.0745. The summed E-state index contributed by atoms with van der Waals surface area (Å²) in [5.74, 6) is 0.0663. The number of nitrogens with one attached hydrogen (secondary N) is 1. The molecule has 0 spiro atoms. The zero-order valence-corrected chi connectivity index (χ0v) is 13.5. The van der Waals surface area contributed by atoms with Crippen molar-refractivity contribution in [1.82, 2.24) is 9.97 Å². The van der Waals surface area contributed by atoms with Crippen molar-refractivity contribution in [3.05, 3.63) is 52.8 Å². The molecular weight excluding hydrogens is 306 g/mol. The van der Waals surface area contributed by atoms with Gasteiger partial charge in [0.2, 0.25) is 12.2 Å². The molecule has 0 radical (unpaired) electrons. The monoisotopic (exact) mass is 323 g/mol. The first kappa shape index (κ1) is 14.8. The Hall–Kier alpha value is -2.76. The number of fused-ring (bicyclic) bond motifs is 2. The molecule has 2 aromatic rings.